The Morgan fingerprint density at radius 1 is 0.583 bits per heavy atom. The number of benzene rings is 1. The summed E-state index contributed by atoms with van der Waals surface area (Å²) in [5.41, 5.74) is 0.541. The number of rotatable bonds is 1. The van der Waals surface area contributed by atoms with Crippen LogP contribution in [0, 0.1) is 0 Å². The Morgan fingerprint density at radius 2 is 0.917 bits per heavy atom. The molecule has 1 aliphatic carbocycles. The number of hydrogen-bond donors (Lipinski definition) is 0. The van der Waals surface area contributed by atoms with Crippen LogP contribution in [0.25, 0.3) is 0 Å². The van der Waals surface area contributed by atoms with Gasteiger partial charge in [-0.2, -0.15) is 0 Å². The van der Waals surface area contributed by atoms with Gasteiger partial charge in [-0.3, -0.25) is 0 Å². The Kier molecular flexibility index (Phi) is 7.25. The summed E-state index contributed by atoms with van der Waals surface area (Å²) in [4.78, 5) is -1.61. The van der Waals surface area contributed by atoms with Gasteiger partial charge in [0.2, 0.25) is 0 Å². The van der Waals surface area contributed by atoms with Crippen molar-refractivity contribution in [1.29, 1.82) is 0 Å². The SMILES string of the molecule is ClC1(Br)C(Cl)(Br)C(Cl)(Br)C(Cl)(c2ccccc2Br)C(Cl)(Br)C1(Cl)Br. The van der Waals surface area contributed by atoms with Crippen LogP contribution in [0.2, 0.25) is 0 Å². The van der Waals surface area contributed by atoms with E-state index in [-0.39, 0.29) is 0 Å². The maximum atomic E-state index is 7.09. The van der Waals surface area contributed by atoms with Crippen molar-refractivity contribution < 1.29 is 0 Å². The van der Waals surface area contributed by atoms with Gasteiger partial charge in [-0.05, 0) is 11.6 Å². The lowest BCUT2D eigenvalue weighted by Gasteiger charge is -2.64. The Hall–Kier alpha value is 3.84. The highest BCUT2D eigenvalue weighted by molar-refractivity contribution is 9.16. The van der Waals surface area contributed by atoms with E-state index in [9.17, 15) is 0 Å². The third kappa shape index (κ3) is 2.85. The molecular formula is C12H4Br6Cl6. The summed E-state index contributed by atoms with van der Waals surface area (Å²) in [6, 6.07) is 7.16. The Balaban J connectivity index is 2.97. The molecule has 2 rings (SSSR count). The maximum Gasteiger partial charge on any atom is 0.162 e. The first-order valence-electron chi connectivity index (χ1n) is 5.85. The van der Waals surface area contributed by atoms with E-state index < -0.39 is 23.8 Å². The smallest absolute Gasteiger partial charge is 0.108 e. The molecule has 0 amide bonds. The van der Waals surface area contributed by atoms with Crippen LogP contribution in [0.1, 0.15) is 5.56 Å². The van der Waals surface area contributed by atoms with E-state index in [1.807, 2.05) is 6.07 Å². The number of halogens is 12. The standard InChI is InChI=1S/C12H4Br6Cl6/c13-6-4-2-1-3-5(6)7(19)8(14,20)10(16,22)12(18,24)11(17,23)9(7,15)21/h1-4H. The van der Waals surface area contributed by atoms with Gasteiger partial charge in [-0.15, -0.1) is 69.6 Å². The summed E-state index contributed by atoms with van der Waals surface area (Å²) in [6.45, 7) is 0. The third-order valence-corrected chi connectivity index (χ3v) is 18.9. The molecular weight excluding hydrogens is 836 g/mol. The molecule has 0 saturated heterocycles. The zero-order valence-electron chi connectivity index (χ0n) is 10.8. The van der Waals surface area contributed by atoms with Gasteiger partial charge in [0.15, 0.2) is 18.9 Å². The van der Waals surface area contributed by atoms with Gasteiger partial charge < -0.3 is 0 Å². The van der Waals surface area contributed by atoms with Crippen LogP contribution in [-0.4, -0.2) is 18.9 Å². The fraction of sp³-hybridized carbons (Fsp3) is 0.500. The van der Waals surface area contributed by atoms with E-state index >= 15 is 0 Å². The van der Waals surface area contributed by atoms with Crippen LogP contribution in [0.4, 0.5) is 0 Å². The molecule has 1 aliphatic rings. The lowest BCUT2D eigenvalue weighted by molar-refractivity contribution is 0.349. The largest absolute Gasteiger partial charge is 0.162 e. The molecule has 0 aliphatic heterocycles. The van der Waals surface area contributed by atoms with E-state index in [2.05, 4.69) is 95.6 Å². The van der Waals surface area contributed by atoms with Crippen LogP contribution < -0.4 is 0 Å². The van der Waals surface area contributed by atoms with Gasteiger partial charge in [0.1, 0.15) is 4.87 Å². The lowest BCUT2D eigenvalue weighted by atomic mass is 9.80. The highest BCUT2D eigenvalue weighted by Gasteiger charge is 2.86. The second-order valence-electron chi connectivity index (χ2n) is 5.01. The second kappa shape index (κ2) is 7.21. The van der Waals surface area contributed by atoms with E-state index in [1.165, 1.54) is 0 Å². The summed E-state index contributed by atoms with van der Waals surface area (Å²) < 4.78 is -7.39. The van der Waals surface area contributed by atoms with Gasteiger partial charge in [0, 0.05) is 4.47 Å². The van der Waals surface area contributed by atoms with Crippen LogP contribution in [-0.2, 0) is 4.87 Å². The summed E-state index contributed by atoms with van der Waals surface area (Å²) in [7, 11) is 0. The minimum absolute atomic E-state index is 0.541. The Bertz CT molecular complexity index is 644. The van der Waals surface area contributed by atoms with Crippen LogP contribution >= 0.6 is 165 Å². The molecule has 1 saturated carbocycles. The molecule has 0 radical (unpaired) electrons. The molecule has 0 N–H and O–H groups in total. The van der Waals surface area contributed by atoms with Gasteiger partial charge in [-0.25, -0.2) is 0 Å². The highest BCUT2D eigenvalue weighted by Crippen LogP contribution is 2.81. The minimum Gasteiger partial charge on any atom is -0.108 e. The second-order valence-corrected chi connectivity index (χ2v) is 17.5. The molecule has 0 nitrogen and oxygen atoms in total. The molecule has 24 heavy (non-hydrogen) atoms. The number of alkyl halides is 11. The Labute approximate surface area is 220 Å². The quantitative estimate of drug-likeness (QED) is 0.248. The fourth-order valence-electron chi connectivity index (χ4n) is 2.30. The average molecular weight is 840 g/mol. The molecule has 1 aromatic rings. The van der Waals surface area contributed by atoms with Gasteiger partial charge in [-0.1, -0.05) is 114 Å². The molecule has 0 heterocycles. The molecule has 0 aromatic heterocycles. The van der Waals surface area contributed by atoms with Crippen molar-refractivity contribution >= 4 is 165 Å². The van der Waals surface area contributed by atoms with E-state index in [4.69, 9.17) is 69.6 Å². The predicted molar refractivity (Wildman–Crippen MR) is 129 cm³/mol. The van der Waals surface area contributed by atoms with Crippen LogP contribution in [0.3, 0.4) is 0 Å². The molecule has 4 unspecified atom stereocenters. The molecule has 4 atom stereocenters. The van der Waals surface area contributed by atoms with E-state index in [0.29, 0.717) is 10.0 Å². The van der Waals surface area contributed by atoms with Crippen molar-refractivity contribution in [1.82, 2.24) is 0 Å². The number of hydrogen-bond acceptors (Lipinski definition) is 0. The summed E-state index contributed by atoms with van der Waals surface area (Å²) in [5, 5.41) is 0. The molecule has 0 spiro atoms. The molecule has 1 fully saturated rings. The van der Waals surface area contributed by atoms with Crippen LogP contribution in [0.15, 0.2) is 28.7 Å². The monoisotopic (exact) mass is 831 g/mol. The predicted octanol–water partition coefficient (Wildman–Crippen LogP) is 9.55. The van der Waals surface area contributed by atoms with E-state index in [1.54, 1.807) is 18.2 Å². The van der Waals surface area contributed by atoms with Gasteiger partial charge in [0.05, 0.1) is 0 Å². The van der Waals surface area contributed by atoms with Crippen molar-refractivity contribution in [2.75, 3.05) is 0 Å². The minimum atomic E-state index is -1.62. The van der Waals surface area contributed by atoms with Gasteiger partial charge >= 0.3 is 0 Å². The van der Waals surface area contributed by atoms with Crippen molar-refractivity contribution in [2.24, 2.45) is 0 Å². The summed E-state index contributed by atoms with van der Waals surface area (Å²) in [5.74, 6) is 0. The lowest BCUT2D eigenvalue weighted by Crippen LogP contribution is -2.77. The Morgan fingerprint density at radius 3 is 1.29 bits per heavy atom. The van der Waals surface area contributed by atoms with E-state index in [0.717, 1.165) is 0 Å². The van der Waals surface area contributed by atoms with Gasteiger partial charge in [0.25, 0.3) is 0 Å². The third-order valence-electron chi connectivity index (χ3n) is 3.69. The maximum absolute atomic E-state index is 7.09. The molecule has 12 heteroatoms. The van der Waals surface area contributed by atoms with Crippen molar-refractivity contribution in [3.63, 3.8) is 0 Å². The zero-order valence-corrected chi connectivity index (χ0v) is 24.9. The molecule has 1 aromatic carbocycles. The van der Waals surface area contributed by atoms with Crippen molar-refractivity contribution in [3.05, 3.63) is 34.3 Å². The van der Waals surface area contributed by atoms with Crippen LogP contribution in [0.5, 0.6) is 0 Å². The first-order valence-corrected chi connectivity index (χ1v) is 12.9. The highest BCUT2D eigenvalue weighted by atomic mass is 79.9. The average Bonchev–Trinajstić information content (AvgIpc) is 2.44. The van der Waals surface area contributed by atoms with Crippen molar-refractivity contribution in [3.8, 4) is 0 Å². The first kappa shape index (κ1) is 24.1. The van der Waals surface area contributed by atoms with Crippen molar-refractivity contribution in [2.45, 2.75) is 23.8 Å². The normalized spacial score (nSPS) is 52.3. The zero-order chi connectivity index (χ0) is 19.0. The summed E-state index contributed by atoms with van der Waals surface area (Å²) in [6.07, 6.45) is 0. The molecule has 136 valence electrons. The topological polar surface area (TPSA) is 0 Å². The fourth-order valence-corrected chi connectivity index (χ4v) is 11.0. The first-order chi connectivity index (χ1) is 10.5. The summed E-state index contributed by atoms with van der Waals surface area (Å²) >= 11 is 61.3. The molecule has 0 bridgehead atoms.